The largest absolute Gasteiger partial charge is 0 e. The van der Waals surface area contributed by atoms with Crippen molar-refractivity contribution in [3.63, 3.8) is 0 Å². The summed E-state index contributed by atoms with van der Waals surface area (Å²) in [5.74, 6) is 0. The van der Waals surface area contributed by atoms with Gasteiger partial charge < -0.3 is 0 Å². The molecule has 40 valence electrons. The predicted molar refractivity (Wildman–Crippen MR) is 5.75 cm³/mol. The van der Waals surface area contributed by atoms with Crippen LogP contribution in [-0.2, 0) is 67.4 Å². The Labute approximate surface area is 89.2 Å². The minimum absolute atomic E-state index is 0. The first-order valence-corrected chi connectivity index (χ1v) is 0. The average molecular weight is 261 g/mol. The van der Waals surface area contributed by atoms with Gasteiger partial charge in [-0.1, -0.05) is 0 Å². The van der Waals surface area contributed by atoms with Crippen molar-refractivity contribution >= 4 is 23.1 Å². The van der Waals surface area contributed by atoms with Crippen molar-refractivity contribution in [2.75, 3.05) is 0 Å². The third kappa shape index (κ3) is 20.0. The molecule has 0 bridgehead atoms. The molecule has 5 heavy (non-hydrogen) atoms. The van der Waals surface area contributed by atoms with Gasteiger partial charge >= 0.3 is 0 Å². The van der Waals surface area contributed by atoms with Crippen molar-refractivity contribution in [2.45, 2.75) is 0 Å². The van der Waals surface area contributed by atoms with Gasteiger partial charge in [0.25, 0.3) is 0 Å². The molecule has 0 nitrogen and oxygen atoms in total. The topological polar surface area (TPSA) is 0 Å². The van der Waals surface area contributed by atoms with Gasteiger partial charge in [-0.3, -0.25) is 0 Å². The zero-order chi connectivity index (χ0) is 0. The summed E-state index contributed by atoms with van der Waals surface area (Å²) in [6.45, 7) is 0. The van der Waals surface area contributed by atoms with Crippen LogP contribution < -0.4 is 0 Å². The summed E-state index contributed by atoms with van der Waals surface area (Å²) >= 11 is 0. The first kappa shape index (κ1) is 45.9. The Hall–Kier alpha value is 2.81. The van der Waals surface area contributed by atoms with Crippen LogP contribution in [0.2, 0.25) is 0 Å². The Bertz CT molecular complexity index is 11.6. The molecule has 0 aliphatic rings. The van der Waals surface area contributed by atoms with Crippen LogP contribution in [0.3, 0.4) is 0 Å². The molecule has 0 aliphatic carbocycles. The van der Waals surface area contributed by atoms with E-state index >= 15 is 0 Å². The maximum absolute atomic E-state index is 0. The molecule has 0 amide bonds. The Kier molecular flexibility index (Phi) is 268. The number of rotatable bonds is 0. The Balaban J connectivity index is 0. The van der Waals surface area contributed by atoms with E-state index in [2.05, 4.69) is 0 Å². The van der Waals surface area contributed by atoms with E-state index in [1.165, 1.54) is 0 Å². The quantitative estimate of drug-likeness (QED) is 0.521. The van der Waals surface area contributed by atoms with Crippen molar-refractivity contribution in [3.8, 4) is 0 Å². The molecule has 4 radical (unpaired) electrons. The van der Waals surface area contributed by atoms with Gasteiger partial charge in [0.15, 0.2) is 0 Å². The average Bonchev–Trinajstić information content (AvgIpc) is 0. The van der Waals surface area contributed by atoms with E-state index in [0.29, 0.717) is 0 Å². The summed E-state index contributed by atoms with van der Waals surface area (Å²) in [7, 11) is 0. The first-order chi connectivity index (χ1) is 0. The van der Waals surface area contributed by atoms with Gasteiger partial charge in [-0.05, 0) is 0 Å². The minimum Gasteiger partial charge on any atom is 0 e. The Morgan fingerprint density at radius 3 is 1.00 bits per heavy atom. The van der Waals surface area contributed by atoms with E-state index in [0.717, 1.165) is 0 Å². The molecule has 0 aromatic heterocycles. The maximum Gasteiger partial charge on any atom is 0 e. The summed E-state index contributed by atoms with van der Waals surface area (Å²) in [5.41, 5.74) is 0. The van der Waals surface area contributed by atoms with Gasteiger partial charge in [0.2, 0.25) is 0 Å². The fourth-order valence-electron chi connectivity index (χ4n) is 0. The molecule has 0 aromatic carbocycles. The van der Waals surface area contributed by atoms with Gasteiger partial charge in [-0.25, -0.2) is 0 Å². The summed E-state index contributed by atoms with van der Waals surface area (Å²) in [5, 5.41) is 0. The molecule has 0 rings (SSSR count). The number of hydrogen-bond acceptors (Lipinski definition) is 0. The fourth-order valence-corrected chi connectivity index (χ4v) is 0. The molecule has 0 unspecified atom stereocenters. The van der Waals surface area contributed by atoms with Crippen molar-refractivity contribution in [1.82, 2.24) is 0 Å². The van der Waals surface area contributed by atoms with Gasteiger partial charge in [0, 0.05) is 90.5 Å². The number of hydrogen-bond donors (Lipinski definition) is 0. The second-order valence-electron chi connectivity index (χ2n) is 0. The van der Waals surface area contributed by atoms with E-state index in [4.69, 9.17) is 0 Å². The Morgan fingerprint density at radius 2 is 1.00 bits per heavy atom. The molecular weight excluding hydrogens is 261 g/mol. The second-order valence-corrected chi connectivity index (χ2v) is 0. The monoisotopic (exact) mass is 260 g/mol. The van der Waals surface area contributed by atoms with Crippen LogP contribution in [0, 0.1) is 0 Å². The molecule has 5 heteroatoms. The Morgan fingerprint density at radius 1 is 1.00 bits per heavy atom. The van der Waals surface area contributed by atoms with E-state index in [9.17, 15) is 0 Å². The van der Waals surface area contributed by atoms with Crippen LogP contribution in [0.25, 0.3) is 0 Å². The van der Waals surface area contributed by atoms with Crippen molar-refractivity contribution in [1.29, 1.82) is 0 Å². The van der Waals surface area contributed by atoms with E-state index in [-0.39, 0.29) is 90.5 Å². The molecule has 0 atom stereocenters. The molecule has 0 spiro atoms. The van der Waals surface area contributed by atoms with Crippen LogP contribution >= 0.6 is 0 Å². The summed E-state index contributed by atoms with van der Waals surface area (Å²) in [4.78, 5) is 0. The summed E-state index contributed by atoms with van der Waals surface area (Å²) < 4.78 is 0. The maximum atomic E-state index is 0. The normalized spacial score (nSPS) is 0. The minimum atomic E-state index is 0. The van der Waals surface area contributed by atoms with Crippen LogP contribution in [0.5, 0.6) is 0 Å². The van der Waals surface area contributed by atoms with E-state index in [1.54, 1.807) is 0 Å². The molecular formula is CoCuFeMgNi. The zero-order valence-corrected chi connectivity index (χ0v) is 7.50. The predicted octanol–water partition coefficient (Wildman–Crippen LogP) is -0.391. The smallest absolute Gasteiger partial charge is 0 e. The van der Waals surface area contributed by atoms with E-state index < -0.39 is 0 Å². The van der Waals surface area contributed by atoms with Crippen molar-refractivity contribution in [2.24, 2.45) is 0 Å². The first-order valence-electron chi connectivity index (χ1n) is 0. The van der Waals surface area contributed by atoms with E-state index in [1.807, 2.05) is 0 Å². The van der Waals surface area contributed by atoms with Gasteiger partial charge in [-0.15, -0.1) is 0 Å². The molecule has 0 saturated carbocycles. The molecule has 0 aromatic rings. The van der Waals surface area contributed by atoms with Crippen LogP contribution in [0.15, 0.2) is 0 Å². The molecule has 0 saturated heterocycles. The SMILES string of the molecule is [Co].[Cu].[Fe].[Mg].[Ni]. The van der Waals surface area contributed by atoms with Gasteiger partial charge in [-0.2, -0.15) is 0 Å². The zero-order valence-electron chi connectivity index (χ0n) is 2.01. The van der Waals surface area contributed by atoms with Crippen LogP contribution in [0.4, 0.5) is 0 Å². The second kappa shape index (κ2) is 29.1. The van der Waals surface area contributed by atoms with Crippen molar-refractivity contribution < 1.29 is 67.4 Å². The van der Waals surface area contributed by atoms with Gasteiger partial charge in [0.05, 0.1) is 0 Å². The molecule has 0 N–H and O–H groups in total. The fraction of sp³-hybridized carbons (Fsp3) is 0. The summed E-state index contributed by atoms with van der Waals surface area (Å²) in [6, 6.07) is 0. The summed E-state index contributed by atoms with van der Waals surface area (Å²) in [6.07, 6.45) is 0. The van der Waals surface area contributed by atoms with Gasteiger partial charge in [0.1, 0.15) is 0 Å². The molecule has 0 heterocycles. The standard InChI is InChI=1S/Co.Cu.Fe.Mg.Ni. The van der Waals surface area contributed by atoms with Crippen molar-refractivity contribution in [3.05, 3.63) is 0 Å². The molecule has 0 fully saturated rings. The van der Waals surface area contributed by atoms with Crippen LogP contribution in [-0.4, -0.2) is 23.1 Å². The molecule has 0 aliphatic heterocycles. The third-order valence-corrected chi connectivity index (χ3v) is 0. The third-order valence-electron chi connectivity index (χ3n) is 0. The van der Waals surface area contributed by atoms with Crippen LogP contribution in [0.1, 0.15) is 0 Å².